The first kappa shape index (κ1) is 19.5. The number of amides is 1. The Balaban J connectivity index is 1.91. The Labute approximate surface area is 153 Å². The number of aryl methyl sites for hydroxylation is 4. The van der Waals surface area contributed by atoms with Crippen molar-refractivity contribution < 1.29 is 19.1 Å². The SMILES string of the molecule is Cc1cccc(C)c1OCC(=O)OC(C)C(=O)Nc1c(C)nn(C)c1C. The van der Waals surface area contributed by atoms with Crippen LogP contribution in [0.3, 0.4) is 0 Å². The molecule has 0 radical (unpaired) electrons. The lowest BCUT2D eigenvalue weighted by Gasteiger charge is -2.15. The number of carbonyl (C=O) groups excluding carboxylic acids is 2. The van der Waals surface area contributed by atoms with E-state index in [1.807, 2.05) is 39.0 Å². The second kappa shape index (κ2) is 8.03. The summed E-state index contributed by atoms with van der Waals surface area (Å²) in [6.45, 7) is 8.73. The molecule has 0 aliphatic rings. The van der Waals surface area contributed by atoms with Gasteiger partial charge in [0.05, 0.1) is 17.1 Å². The van der Waals surface area contributed by atoms with Gasteiger partial charge in [0.25, 0.3) is 5.91 Å². The van der Waals surface area contributed by atoms with Gasteiger partial charge in [0, 0.05) is 7.05 Å². The van der Waals surface area contributed by atoms with Crippen molar-refractivity contribution in [2.45, 2.75) is 40.7 Å². The van der Waals surface area contributed by atoms with Crippen LogP contribution in [0.5, 0.6) is 5.75 Å². The fourth-order valence-corrected chi connectivity index (χ4v) is 2.62. The average Bonchev–Trinajstić information content (AvgIpc) is 2.80. The zero-order valence-corrected chi connectivity index (χ0v) is 16.0. The number of nitrogens with zero attached hydrogens (tertiary/aromatic N) is 2. The number of esters is 1. The third-order valence-electron chi connectivity index (χ3n) is 4.18. The van der Waals surface area contributed by atoms with Crippen molar-refractivity contribution in [3.8, 4) is 5.75 Å². The second-order valence-electron chi connectivity index (χ2n) is 6.30. The van der Waals surface area contributed by atoms with Crippen LogP contribution in [0.4, 0.5) is 5.69 Å². The quantitative estimate of drug-likeness (QED) is 0.802. The van der Waals surface area contributed by atoms with Crippen molar-refractivity contribution in [3.63, 3.8) is 0 Å². The second-order valence-corrected chi connectivity index (χ2v) is 6.30. The molecule has 1 aromatic carbocycles. The van der Waals surface area contributed by atoms with Crippen LogP contribution >= 0.6 is 0 Å². The Kier molecular flexibility index (Phi) is 6.02. The van der Waals surface area contributed by atoms with Gasteiger partial charge in [-0.25, -0.2) is 4.79 Å². The molecule has 1 atom stereocenters. The Morgan fingerprint density at radius 2 is 1.81 bits per heavy atom. The van der Waals surface area contributed by atoms with Crippen molar-refractivity contribution >= 4 is 17.6 Å². The molecule has 1 N–H and O–H groups in total. The zero-order chi connectivity index (χ0) is 19.4. The van der Waals surface area contributed by atoms with E-state index in [4.69, 9.17) is 9.47 Å². The van der Waals surface area contributed by atoms with Crippen LogP contribution in [0.15, 0.2) is 18.2 Å². The van der Waals surface area contributed by atoms with Gasteiger partial charge in [0.2, 0.25) is 0 Å². The van der Waals surface area contributed by atoms with Crippen molar-refractivity contribution in [3.05, 3.63) is 40.7 Å². The van der Waals surface area contributed by atoms with E-state index in [2.05, 4.69) is 10.4 Å². The lowest BCUT2D eigenvalue weighted by atomic mass is 10.1. The summed E-state index contributed by atoms with van der Waals surface area (Å²) in [6, 6.07) is 5.73. The normalized spacial score (nSPS) is 11.8. The van der Waals surface area contributed by atoms with Crippen molar-refractivity contribution in [2.75, 3.05) is 11.9 Å². The van der Waals surface area contributed by atoms with Crippen LogP contribution in [-0.4, -0.2) is 34.4 Å². The summed E-state index contributed by atoms with van der Waals surface area (Å²) in [4.78, 5) is 24.3. The number of anilines is 1. The monoisotopic (exact) mass is 359 g/mol. The molecule has 2 aromatic rings. The van der Waals surface area contributed by atoms with Gasteiger partial charge in [0.1, 0.15) is 5.75 Å². The molecule has 140 valence electrons. The minimum absolute atomic E-state index is 0.256. The van der Waals surface area contributed by atoms with Gasteiger partial charge in [-0.1, -0.05) is 18.2 Å². The summed E-state index contributed by atoms with van der Waals surface area (Å²) >= 11 is 0. The van der Waals surface area contributed by atoms with E-state index in [9.17, 15) is 9.59 Å². The molecule has 2 rings (SSSR count). The number of carbonyl (C=O) groups is 2. The summed E-state index contributed by atoms with van der Waals surface area (Å²) in [7, 11) is 1.80. The van der Waals surface area contributed by atoms with Gasteiger partial charge in [-0.15, -0.1) is 0 Å². The number of para-hydroxylation sites is 1. The van der Waals surface area contributed by atoms with E-state index >= 15 is 0 Å². The Morgan fingerprint density at radius 1 is 1.19 bits per heavy atom. The minimum Gasteiger partial charge on any atom is -0.481 e. The van der Waals surface area contributed by atoms with Gasteiger partial charge >= 0.3 is 5.97 Å². The minimum atomic E-state index is -0.942. The van der Waals surface area contributed by atoms with Crippen LogP contribution in [0.25, 0.3) is 0 Å². The van der Waals surface area contributed by atoms with Crippen LogP contribution < -0.4 is 10.1 Å². The van der Waals surface area contributed by atoms with Gasteiger partial charge in [-0.05, 0) is 45.7 Å². The van der Waals surface area contributed by atoms with Crippen molar-refractivity contribution in [1.82, 2.24) is 9.78 Å². The largest absolute Gasteiger partial charge is 0.481 e. The maximum atomic E-state index is 12.3. The average molecular weight is 359 g/mol. The topological polar surface area (TPSA) is 82.4 Å². The number of hydrogen-bond donors (Lipinski definition) is 1. The summed E-state index contributed by atoms with van der Waals surface area (Å²) in [5.74, 6) is -0.359. The Morgan fingerprint density at radius 3 is 2.35 bits per heavy atom. The Hall–Kier alpha value is -2.83. The smallest absolute Gasteiger partial charge is 0.344 e. The van der Waals surface area contributed by atoms with Gasteiger partial charge in [-0.3, -0.25) is 9.48 Å². The number of aromatic nitrogens is 2. The molecule has 0 saturated heterocycles. The molecule has 0 fully saturated rings. The molecule has 0 aliphatic carbocycles. The molecular weight excluding hydrogens is 334 g/mol. The number of rotatable bonds is 6. The molecule has 1 heterocycles. The molecule has 1 aromatic heterocycles. The molecule has 26 heavy (non-hydrogen) atoms. The number of nitrogens with one attached hydrogen (secondary N) is 1. The molecule has 0 spiro atoms. The predicted molar refractivity (Wildman–Crippen MR) is 98.3 cm³/mol. The molecular formula is C19H25N3O4. The lowest BCUT2D eigenvalue weighted by Crippen LogP contribution is -2.32. The van der Waals surface area contributed by atoms with E-state index in [-0.39, 0.29) is 6.61 Å². The molecule has 0 saturated carbocycles. The highest BCUT2D eigenvalue weighted by Gasteiger charge is 2.21. The zero-order valence-electron chi connectivity index (χ0n) is 16.0. The van der Waals surface area contributed by atoms with E-state index in [1.165, 1.54) is 6.92 Å². The van der Waals surface area contributed by atoms with Crippen LogP contribution in [-0.2, 0) is 21.4 Å². The van der Waals surface area contributed by atoms with E-state index in [0.717, 1.165) is 16.8 Å². The van der Waals surface area contributed by atoms with E-state index in [0.29, 0.717) is 17.1 Å². The fraction of sp³-hybridized carbons (Fsp3) is 0.421. The molecule has 7 nitrogen and oxygen atoms in total. The lowest BCUT2D eigenvalue weighted by molar-refractivity contribution is -0.155. The third kappa shape index (κ3) is 4.41. The van der Waals surface area contributed by atoms with Gasteiger partial charge < -0.3 is 14.8 Å². The summed E-state index contributed by atoms with van der Waals surface area (Å²) < 4.78 is 12.4. The molecule has 1 amide bonds. The standard InChI is InChI=1S/C19H25N3O4/c1-11-8-7-9-12(2)18(11)25-10-16(23)26-15(5)19(24)20-17-13(3)21-22(6)14(17)4/h7-9,15H,10H2,1-6H3,(H,20,24). The van der Waals surface area contributed by atoms with E-state index < -0.39 is 18.0 Å². The first-order chi connectivity index (χ1) is 12.2. The maximum absolute atomic E-state index is 12.3. The predicted octanol–water partition coefficient (Wildman–Crippen LogP) is 2.60. The Bertz CT molecular complexity index is 806. The highest BCUT2D eigenvalue weighted by molar-refractivity contribution is 5.96. The molecule has 7 heteroatoms. The molecule has 0 bridgehead atoms. The van der Waals surface area contributed by atoms with Crippen LogP contribution in [0.2, 0.25) is 0 Å². The molecule has 0 aliphatic heterocycles. The first-order valence-electron chi connectivity index (χ1n) is 8.40. The third-order valence-corrected chi connectivity index (χ3v) is 4.18. The summed E-state index contributed by atoms with van der Waals surface area (Å²) in [5.41, 5.74) is 4.03. The van der Waals surface area contributed by atoms with Crippen LogP contribution in [0, 0.1) is 27.7 Å². The van der Waals surface area contributed by atoms with E-state index in [1.54, 1.807) is 18.7 Å². The number of hydrogen-bond acceptors (Lipinski definition) is 5. The van der Waals surface area contributed by atoms with Crippen molar-refractivity contribution in [1.29, 1.82) is 0 Å². The fourth-order valence-electron chi connectivity index (χ4n) is 2.62. The summed E-state index contributed by atoms with van der Waals surface area (Å²) in [5, 5.41) is 6.99. The highest BCUT2D eigenvalue weighted by atomic mass is 16.6. The number of ether oxygens (including phenoxy) is 2. The highest BCUT2D eigenvalue weighted by Crippen LogP contribution is 2.22. The van der Waals surface area contributed by atoms with Gasteiger partial charge in [-0.2, -0.15) is 5.10 Å². The summed E-state index contributed by atoms with van der Waals surface area (Å²) in [6.07, 6.45) is -0.942. The first-order valence-corrected chi connectivity index (χ1v) is 8.40. The molecule has 1 unspecified atom stereocenters. The number of benzene rings is 1. The maximum Gasteiger partial charge on any atom is 0.344 e. The van der Waals surface area contributed by atoms with Crippen molar-refractivity contribution in [2.24, 2.45) is 7.05 Å². The van der Waals surface area contributed by atoms with Crippen LogP contribution in [0.1, 0.15) is 29.4 Å². The van der Waals surface area contributed by atoms with Gasteiger partial charge in [0.15, 0.2) is 12.7 Å².